The number of nitrogens with zero attached hydrogens (tertiary/aromatic N) is 6. The van der Waals surface area contributed by atoms with Crippen molar-refractivity contribution >= 4 is 65.0 Å². The van der Waals surface area contributed by atoms with Crippen LogP contribution in [0.5, 0.6) is 0 Å². The van der Waals surface area contributed by atoms with Gasteiger partial charge < -0.3 is 39.0 Å². The molecule has 2 amide bonds. The Bertz CT molecular complexity index is 3060. The average Bonchev–Trinajstić information content (AvgIpc) is 4.24. The molecule has 5 aliphatic rings. The minimum Gasteiger partial charge on any atom is -0.377 e. The van der Waals surface area contributed by atoms with Crippen LogP contribution in [0.3, 0.4) is 0 Å². The van der Waals surface area contributed by atoms with E-state index >= 15 is 0 Å². The van der Waals surface area contributed by atoms with Crippen LogP contribution in [0, 0.1) is 13.8 Å². The highest BCUT2D eigenvalue weighted by Gasteiger charge is 2.42. The van der Waals surface area contributed by atoms with Gasteiger partial charge in [0.2, 0.25) is 31.9 Å². The van der Waals surface area contributed by atoms with Gasteiger partial charge in [-0.05, 0) is 125 Å². The molecule has 386 valence electrons. The molecule has 7 heterocycles. The largest absolute Gasteiger partial charge is 0.377 e. The van der Waals surface area contributed by atoms with Gasteiger partial charge in [0.1, 0.15) is 0 Å². The molecule has 5 saturated heterocycles. The second kappa shape index (κ2) is 20.3. The number of morpholine rings is 2. The SMILES string of the molecule is Cc1ccc2cc(-c3cc(S(=O)(=O)N(C)CC(=O)N4CC5CC4CO5)ccc3N3CCCC3)[nH]c2c1.Cc1ccc2cc(-c3cc(S(=O)(=O)N(C)CC(=O)N4CCOCC4C)ccc3N3CCCC3)[nH]c2c1.[HH].[HH]. The Balaban J connectivity index is 0.000000192. The number of carbonyl (C=O) groups is 2. The number of aromatic amines is 2. The van der Waals surface area contributed by atoms with Crippen molar-refractivity contribution in [2.75, 3.05) is 96.1 Å². The van der Waals surface area contributed by atoms with Crippen molar-refractivity contribution in [1.82, 2.24) is 28.4 Å². The van der Waals surface area contributed by atoms with Crippen molar-refractivity contribution < 1.29 is 38.8 Å². The van der Waals surface area contributed by atoms with Crippen LogP contribution in [0.4, 0.5) is 11.4 Å². The van der Waals surface area contributed by atoms with Crippen LogP contribution in [-0.2, 0) is 39.1 Å². The summed E-state index contributed by atoms with van der Waals surface area (Å²) in [6.45, 7) is 11.9. The van der Waals surface area contributed by atoms with Gasteiger partial charge in [0.05, 0.1) is 60.9 Å². The smallest absolute Gasteiger partial charge is 0.243 e. The number of amides is 2. The van der Waals surface area contributed by atoms with E-state index < -0.39 is 20.0 Å². The van der Waals surface area contributed by atoms with Crippen molar-refractivity contribution in [1.29, 1.82) is 0 Å². The molecule has 72 heavy (non-hydrogen) atoms. The second-order valence-electron chi connectivity index (χ2n) is 20.2. The quantitative estimate of drug-likeness (QED) is 0.125. The van der Waals surface area contributed by atoms with Crippen LogP contribution in [0.2, 0.25) is 0 Å². The van der Waals surface area contributed by atoms with Crippen LogP contribution < -0.4 is 9.80 Å². The van der Waals surface area contributed by atoms with Crippen molar-refractivity contribution in [3.63, 3.8) is 0 Å². The molecule has 11 rings (SSSR count). The zero-order chi connectivity index (χ0) is 50.5. The molecule has 2 aromatic heterocycles. The molecule has 3 atom stereocenters. The number of hydrogen-bond donors (Lipinski definition) is 2. The minimum absolute atomic E-state index is 0. The fourth-order valence-corrected chi connectivity index (χ4v) is 13.2. The van der Waals surface area contributed by atoms with Gasteiger partial charge in [0.15, 0.2) is 0 Å². The number of likely N-dealkylation sites (tertiary alicyclic amines) is 1. The first kappa shape index (κ1) is 49.8. The number of carbonyl (C=O) groups excluding carboxylic acids is 2. The predicted molar refractivity (Wildman–Crippen MR) is 286 cm³/mol. The molecular formula is C54H70N8O8S2. The summed E-state index contributed by atoms with van der Waals surface area (Å²) >= 11 is 0. The molecule has 0 saturated carbocycles. The number of anilines is 2. The Kier molecular flexibility index (Phi) is 14.0. The molecule has 16 nitrogen and oxygen atoms in total. The maximum Gasteiger partial charge on any atom is 0.243 e. The number of ether oxygens (including phenoxy) is 2. The van der Waals surface area contributed by atoms with E-state index in [4.69, 9.17) is 9.47 Å². The fourth-order valence-electron chi connectivity index (χ4n) is 10.9. The minimum atomic E-state index is -3.88. The van der Waals surface area contributed by atoms with Crippen LogP contribution in [0.15, 0.2) is 94.7 Å². The van der Waals surface area contributed by atoms with E-state index in [1.807, 2.05) is 19.1 Å². The summed E-state index contributed by atoms with van der Waals surface area (Å²) in [6, 6.07) is 27.3. The zero-order valence-corrected chi connectivity index (χ0v) is 43.5. The molecule has 0 spiro atoms. The monoisotopic (exact) mass is 1020 g/mol. The van der Waals surface area contributed by atoms with Gasteiger partial charge in [-0.2, -0.15) is 8.61 Å². The highest BCUT2D eigenvalue weighted by Crippen LogP contribution is 2.39. The molecule has 6 aromatic rings. The molecule has 0 radical (unpaired) electrons. The number of nitrogens with one attached hydrogen (secondary N) is 2. The van der Waals surface area contributed by atoms with E-state index in [1.165, 1.54) is 18.4 Å². The van der Waals surface area contributed by atoms with Crippen LogP contribution >= 0.6 is 0 Å². The fraction of sp³-hybridized carbons (Fsp3) is 0.444. The second-order valence-corrected chi connectivity index (χ2v) is 24.3. The van der Waals surface area contributed by atoms with E-state index in [0.29, 0.717) is 32.9 Å². The van der Waals surface area contributed by atoms with Crippen molar-refractivity contribution in [2.45, 2.75) is 80.9 Å². The lowest BCUT2D eigenvalue weighted by Gasteiger charge is -2.34. The van der Waals surface area contributed by atoms with E-state index in [9.17, 15) is 26.4 Å². The summed E-state index contributed by atoms with van der Waals surface area (Å²) in [7, 11) is -4.78. The Hall–Kier alpha value is -5.76. The Morgan fingerprint density at radius 2 is 1.12 bits per heavy atom. The van der Waals surface area contributed by atoms with Gasteiger partial charge in [0, 0.05) is 112 Å². The lowest BCUT2D eigenvalue weighted by atomic mass is 10.1. The Morgan fingerprint density at radius 1 is 0.639 bits per heavy atom. The summed E-state index contributed by atoms with van der Waals surface area (Å²) in [5.41, 5.74) is 9.91. The third-order valence-electron chi connectivity index (χ3n) is 15.0. The first-order valence-electron chi connectivity index (χ1n) is 25.2. The van der Waals surface area contributed by atoms with Crippen molar-refractivity contribution in [2.24, 2.45) is 0 Å². The van der Waals surface area contributed by atoms with Gasteiger partial charge in [-0.15, -0.1) is 0 Å². The molecule has 2 bridgehead atoms. The molecule has 5 fully saturated rings. The number of aromatic nitrogens is 2. The topological polar surface area (TPSA) is 172 Å². The number of likely N-dealkylation sites (N-methyl/N-ethyl adjacent to an activating group) is 2. The molecule has 2 N–H and O–H groups in total. The normalized spacial score (nSPS) is 20.4. The molecule has 5 aliphatic heterocycles. The third-order valence-corrected chi connectivity index (χ3v) is 18.6. The van der Waals surface area contributed by atoms with Gasteiger partial charge in [0.25, 0.3) is 0 Å². The number of sulfonamides is 2. The van der Waals surface area contributed by atoms with Crippen molar-refractivity contribution in [3.8, 4) is 22.5 Å². The van der Waals surface area contributed by atoms with Gasteiger partial charge in [-0.3, -0.25) is 9.59 Å². The first-order chi connectivity index (χ1) is 34.5. The van der Waals surface area contributed by atoms with E-state index in [2.05, 4.69) is 82.1 Å². The molecule has 4 aromatic carbocycles. The number of benzene rings is 4. The summed E-state index contributed by atoms with van der Waals surface area (Å²) in [5, 5.41) is 2.17. The highest BCUT2D eigenvalue weighted by atomic mass is 32.2. The van der Waals surface area contributed by atoms with Crippen LogP contribution in [0.25, 0.3) is 44.3 Å². The maximum atomic E-state index is 13.6. The number of aryl methyl sites for hydroxylation is 2. The lowest BCUT2D eigenvalue weighted by Crippen LogP contribution is -2.50. The molecule has 0 aliphatic carbocycles. The predicted octanol–water partition coefficient (Wildman–Crippen LogP) is 7.47. The third kappa shape index (κ3) is 10.0. The van der Waals surface area contributed by atoms with Crippen LogP contribution in [0.1, 0.15) is 53.0 Å². The molecular weight excluding hydrogens is 953 g/mol. The summed E-state index contributed by atoms with van der Waals surface area (Å²) in [5.74, 6) is -0.381. The highest BCUT2D eigenvalue weighted by molar-refractivity contribution is 7.89. The summed E-state index contributed by atoms with van der Waals surface area (Å²) < 4.78 is 67.6. The first-order valence-corrected chi connectivity index (χ1v) is 28.1. The van der Waals surface area contributed by atoms with E-state index in [0.717, 1.165) is 129 Å². The number of H-pyrrole nitrogens is 2. The van der Waals surface area contributed by atoms with Gasteiger partial charge in [-0.25, -0.2) is 16.8 Å². The zero-order valence-electron chi connectivity index (χ0n) is 41.9. The van der Waals surface area contributed by atoms with E-state index in [-0.39, 0.29) is 55.7 Å². The number of fused-ring (bicyclic) bond motifs is 4. The molecule has 3 unspecified atom stereocenters. The Morgan fingerprint density at radius 3 is 1.57 bits per heavy atom. The summed E-state index contributed by atoms with van der Waals surface area (Å²) in [4.78, 5) is 41.3. The van der Waals surface area contributed by atoms with E-state index in [1.54, 1.807) is 34.1 Å². The standard InChI is InChI=1S/C27H32N4O4S.C27H34N4O4S.2H2/c1-18-5-6-19-12-25(28-24(19)11-18)23-14-22(7-8-26(23)30-9-3-4-10-30)36(33,34)29(2)16-27(32)31-15-21-13-20(31)17-35-21;1-19-6-7-21-15-25(28-24(21)14-19)23-16-22(8-9-26(23)30-10-4-5-11-30)36(33,34)29(3)17-27(32)31-12-13-35-18-20(31)2;;/h5-8,11-12,14,20-21,28H,3-4,9-10,13,15-17H2,1-2H3;6-9,14-16,20,28H,4-5,10-13,17-18H2,1-3H3;2*1H. The lowest BCUT2D eigenvalue weighted by molar-refractivity contribution is -0.139. The number of rotatable bonds is 12. The summed E-state index contributed by atoms with van der Waals surface area (Å²) in [6.07, 6.45) is 5.42. The maximum absolute atomic E-state index is 13.6. The number of hydrogen-bond acceptors (Lipinski definition) is 10. The van der Waals surface area contributed by atoms with Gasteiger partial charge in [-0.1, -0.05) is 24.3 Å². The van der Waals surface area contributed by atoms with Crippen LogP contribution in [-0.4, -0.2) is 161 Å². The van der Waals surface area contributed by atoms with Gasteiger partial charge >= 0.3 is 0 Å². The van der Waals surface area contributed by atoms with Crippen molar-refractivity contribution in [3.05, 3.63) is 96.1 Å². The molecule has 18 heteroatoms. The average molecular weight is 1020 g/mol. The Labute approximate surface area is 425 Å².